The Morgan fingerprint density at radius 2 is 1.45 bits per heavy atom. The number of carbonyl (C=O) groups is 5. The highest BCUT2D eigenvalue weighted by Crippen LogP contribution is 2.11. The van der Waals surface area contributed by atoms with E-state index < -0.39 is 48.4 Å². The van der Waals surface area contributed by atoms with Gasteiger partial charge in [0.15, 0.2) is 0 Å². The number of carboxylic acid groups (broad SMARTS) is 1. The zero-order chi connectivity index (χ0) is 32.3. The average Bonchev–Trinajstić information content (AvgIpc) is 3.00. The van der Waals surface area contributed by atoms with Crippen LogP contribution in [0.25, 0.3) is 0 Å². The predicted molar refractivity (Wildman–Crippen MR) is 169 cm³/mol. The molecule has 0 heterocycles. The van der Waals surface area contributed by atoms with Crippen molar-refractivity contribution in [3.8, 4) is 5.75 Å². The highest BCUT2D eigenvalue weighted by atomic mass is 32.2. The fraction of sp³-hybridized carbons (Fsp3) is 0.452. The smallest absolute Gasteiger partial charge is 0.303 e. The number of hydrogen-bond donors (Lipinski definition) is 7. The normalized spacial score (nSPS) is 12.8. The third-order valence-electron chi connectivity index (χ3n) is 6.70. The van der Waals surface area contributed by atoms with E-state index in [9.17, 15) is 29.1 Å². The van der Waals surface area contributed by atoms with Crippen molar-refractivity contribution in [3.63, 3.8) is 0 Å². The second-order valence-corrected chi connectivity index (χ2v) is 11.3. The maximum absolute atomic E-state index is 13.0. The van der Waals surface area contributed by atoms with E-state index in [1.54, 1.807) is 12.1 Å². The summed E-state index contributed by atoms with van der Waals surface area (Å²) in [5, 5.41) is 28.9. The van der Waals surface area contributed by atoms with Gasteiger partial charge in [0.2, 0.25) is 23.6 Å². The van der Waals surface area contributed by atoms with Gasteiger partial charge in [-0.15, -0.1) is 0 Å². The number of nitrogens with one attached hydrogen (secondary N) is 4. The summed E-state index contributed by atoms with van der Waals surface area (Å²) in [5.41, 5.74) is 7.65. The van der Waals surface area contributed by atoms with Gasteiger partial charge in [-0.3, -0.25) is 24.0 Å². The van der Waals surface area contributed by atoms with Gasteiger partial charge in [0.25, 0.3) is 0 Å². The molecule has 0 bridgehead atoms. The Morgan fingerprint density at radius 3 is 2.11 bits per heavy atom. The van der Waals surface area contributed by atoms with Crippen molar-refractivity contribution >= 4 is 41.4 Å². The van der Waals surface area contributed by atoms with Crippen molar-refractivity contribution in [2.45, 2.75) is 63.1 Å². The van der Waals surface area contributed by atoms with E-state index in [1.807, 2.05) is 36.6 Å². The lowest BCUT2D eigenvalue weighted by atomic mass is 10.0. The quantitative estimate of drug-likeness (QED) is 0.105. The molecule has 0 saturated heterocycles. The summed E-state index contributed by atoms with van der Waals surface area (Å²) in [6, 6.07) is 12.7. The van der Waals surface area contributed by atoms with Gasteiger partial charge in [-0.25, -0.2) is 0 Å². The molecular weight excluding hydrogens is 586 g/mol. The minimum absolute atomic E-state index is 0.0702. The SMILES string of the molecule is CSCC[C@@H](NC(=O)[C@@H](N)Cc1ccc(O)cc1)C(=O)NCC(=O)N[C@@H](Cc1ccccc1)C(=O)NCCCCCC(=O)O. The molecule has 0 fully saturated rings. The number of thioether (sulfide) groups is 1. The first kappa shape index (κ1) is 36.1. The minimum Gasteiger partial charge on any atom is -0.508 e. The van der Waals surface area contributed by atoms with Crippen LogP contribution in [0, 0.1) is 0 Å². The van der Waals surface area contributed by atoms with E-state index in [2.05, 4.69) is 21.3 Å². The fourth-order valence-electron chi connectivity index (χ4n) is 4.27. The third kappa shape index (κ3) is 14.4. The summed E-state index contributed by atoms with van der Waals surface area (Å²) >= 11 is 1.50. The van der Waals surface area contributed by atoms with Crippen LogP contribution in [0.3, 0.4) is 0 Å². The number of nitrogens with two attached hydrogens (primary N) is 1. The Hall–Kier alpha value is -4.10. The van der Waals surface area contributed by atoms with Gasteiger partial charge in [-0.1, -0.05) is 48.9 Å². The summed E-state index contributed by atoms with van der Waals surface area (Å²) in [5.74, 6) is -2.22. The number of carbonyl (C=O) groups excluding carboxylic acids is 4. The molecule has 44 heavy (non-hydrogen) atoms. The number of hydrogen-bond acceptors (Lipinski definition) is 8. The number of phenols is 1. The largest absolute Gasteiger partial charge is 0.508 e. The molecule has 2 aromatic carbocycles. The van der Waals surface area contributed by atoms with Crippen molar-refractivity contribution < 1.29 is 34.2 Å². The van der Waals surface area contributed by atoms with Gasteiger partial charge in [0, 0.05) is 19.4 Å². The second-order valence-electron chi connectivity index (χ2n) is 10.3. The van der Waals surface area contributed by atoms with E-state index in [4.69, 9.17) is 10.8 Å². The first-order valence-electron chi connectivity index (χ1n) is 14.5. The second kappa shape index (κ2) is 20.0. The van der Waals surface area contributed by atoms with E-state index >= 15 is 0 Å². The molecule has 12 nitrogen and oxygen atoms in total. The lowest BCUT2D eigenvalue weighted by Gasteiger charge is -2.22. The number of rotatable bonds is 20. The molecule has 0 aliphatic carbocycles. The summed E-state index contributed by atoms with van der Waals surface area (Å²) in [6.07, 6.45) is 4.45. The lowest BCUT2D eigenvalue weighted by molar-refractivity contribution is -0.137. The molecule has 0 spiro atoms. The standard InChI is InChI=1S/C31H43N5O7S/c1-44-17-15-25(36-29(41)24(32)18-22-11-13-23(37)14-12-22)30(42)34-20-27(38)35-26(19-21-8-4-2-5-9-21)31(43)33-16-7-3-6-10-28(39)40/h2,4-5,8-9,11-14,24-26,37H,3,6-7,10,15-20,32H2,1H3,(H,33,43)(H,34,42)(H,35,38)(H,36,41)(H,39,40)/t24-,25+,26-/m0/s1. The zero-order valence-electron chi connectivity index (χ0n) is 24.9. The Morgan fingerprint density at radius 1 is 0.795 bits per heavy atom. The highest BCUT2D eigenvalue weighted by Gasteiger charge is 2.25. The topological polar surface area (TPSA) is 200 Å². The number of carboxylic acids is 1. The van der Waals surface area contributed by atoms with Crippen LogP contribution in [0.5, 0.6) is 5.75 Å². The van der Waals surface area contributed by atoms with Crippen LogP contribution >= 0.6 is 11.8 Å². The summed E-state index contributed by atoms with van der Waals surface area (Å²) in [4.78, 5) is 62.2. The molecule has 13 heteroatoms. The van der Waals surface area contributed by atoms with Crippen LogP contribution in [-0.4, -0.2) is 83.0 Å². The van der Waals surface area contributed by atoms with Crippen LogP contribution in [0.15, 0.2) is 54.6 Å². The van der Waals surface area contributed by atoms with Crippen molar-refractivity contribution in [1.29, 1.82) is 0 Å². The molecular formula is C31H43N5O7S. The predicted octanol–water partition coefficient (Wildman–Crippen LogP) is 1.10. The monoisotopic (exact) mass is 629 g/mol. The molecule has 0 unspecified atom stereocenters. The Balaban J connectivity index is 1.93. The highest BCUT2D eigenvalue weighted by molar-refractivity contribution is 7.98. The zero-order valence-corrected chi connectivity index (χ0v) is 25.7. The first-order chi connectivity index (χ1) is 21.1. The van der Waals surface area contributed by atoms with Crippen molar-refractivity contribution in [1.82, 2.24) is 21.3 Å². The van der Waals surface area contributed by atoms with Gasteiger partial charge in [0.05, 0.1) is 12.6 Å². The van der Waals surface area contributed by atoms with Crippen LogP contribution in [0.2, 0.25) is 0 Å². The molecule has 0 aromatic heterocycles. The van der Waals surface area contributed by atoms with E-state index in [1.165, 1.54) is 23.9 Å². The lowest BCUT2D eigenvalue weighted by Crippen LogP contribution is -2.54. The van der Waals surface area contributed by atoms with Crippen LogP contribution < -0.4 is 27.0 Å². The molecule has 240 valence electrons. The van der Waals surface area contributed by atoms with E-state index in [0.717, 1.165) is 11.1 Å². The molecule has 0 saturated carbocycles. The Kier molecular flexibility index (Phi) is 16.4. The third-order valence-corrected chi connectivity index (χ3v) is 7.34. The summed E-state index contributed by atoms with van der Waals surface area (Å²) in [7, 11) is 0. The van der Waals surface area contributed by atoms with Crippen molar-refractivity contribution in [2.75, 3.05) is 25.1 Å². The van der Waals surface area contributed by atoms with Gasteiger partial charge in [-0.05, 0) is 61.0 Å². The Labute approximate surface area is 261 Å². The maximum Gasteiger partial charge on any atom is 0.303 e. The molecule has 8 N–H and O–H groups in total. The van der Waals surface area contributed by atoms with Gasteiger partial charge < -0.3 is 37.2 Å². The molecule has 2 rings (SSSR count). The van der Waals surface area contributed by atoms with Crippen molar-refractivity contribution in [2.24, 2.45) is 5.73 Å². The van der Waals surface area contributed by atoms with Crippen LogP contribution in [0.4, 0.5) is 0 Å². The number of benzene rings is 2. The molecule has 4 amide bonds. The average molecular weight is 630 g/mol. The molecule has 3 atom stereocenters. The minimum atomic E-state index is -0.929. The van der Waals surface area contributed by atoms with Crippen LogP contribution in [0.1, 0.15) is 43.2 Å². The fourth-order valence-corrected chi connectivity index (χ4v) is 4.74. The number of unbranched alkanes of at least 4 members (excludes halogenated alkanes) is 2. The van der Waals surface area contributed by atoms with Crippen molar-refractivity contribution in [3.05, 3.63) is 65.7 Å². The van der Waals surface area contributed by atoms with Gasteiger partial charge in [-0.2, -0.15) is 11.8 Å². The first-order valence-corrected chi connectivity index (χ1v) is 15.9. The van der Waals surface area contributed by atoms with E-state index in [0.29, 0.717) is 38.0 Å². The molecule has 0 aliphatic rings. The number of aliphatic carboxylic acids is 1. The molecule has 0 aliphatic heterocycles. The number of aromatic hydroxyl groups is 1. The number of amides is 4. The van der Waals surface area contributed by atoms with Gasteiger partial charge in [0.1, 0.15) is 17.8 Å². The number of phenolic OH excluding ortho intramolecular Hbond substituents is 1. The maximum atomic E-state index is 13.0. The molecule has 0 radical (unpaired) electrons. The Bertz CT molecular complexity index is 1210. The van der Waals surface area contributed by atoms with Crippen LogP contribution in [-0.2, 0) is 36.8 Å². The summed E-state index contributed by atoms with van der Waals surface area (Å²) in [6.45, 7) is -0.0696. The molecule has 2 aromatic rings. The summed E-state index contributed by atoms with van der Waals surface area (Å²) < 4.78 is 0. The van der Waals surface area contributed by atoms with E-state index in [-0.39, 0.29) is 30.9 Å². The van der Waals surface area contributed by atoms with Gasteiger partial charge >= 0.3 is 5.97 Å².